The van der Waals surface area contributed by atoms with E-state index in [0.717, 1.165) is 26.9 Å². The molecular weight excluding hydrogens is 480 g/mol. The molecule has 0 saturated heterocycles. The molecule has 13 heteroatoms. The number of nitrogens with two attached hydrogens (primary N) is 1. The molecule has 1 aromatic carbocycles. The molecule has 0 spiro atoms. The van der Waals surface area contributed by atoms with E-state index >= 15 is 0 Å². The Balaban J connectivity index is 0.000000868. The van der Waals surface area contributed by atoms with Gasteiger partial charge in [-0.15, -0.1) is 11.3 Å². The summed E-state index contributed by atoms with van der Waals surface area (Å²) in [4.78, 5) is 39.3. The van der Waals surface area contributed by atoms with Crippen molar-refractivity contribution in [3.63, 3.8) is 0 Å². The van der Waals surface area contributed by atoms with E-state index in [0.29, 0.717) is 48.3 Å². The van der Waals surface area contributed by atoms with Crippen LogP contribution in [0.1, 0.15) is 22.2 Å². The highest BCUT2D eigenvalue weighted by Crippen LogP contribution is 2.40. The lowest BCUT2D eigenvalue weighted by molar-refractivity contribution is -0.106. The standard InChI is InChI=1S/C20H18ClN7O2S.CH3NO/c1-2-30-9-10-7-25-20(21)28-18(10)27-13-8-24-15-11(26-13)3-4-12-14(15)16-17(31-12)19(29)23-6-5-22-16;2-1-3/h3-4,7-8,22H,2,5-6,9H2,1H3,(H,23,29)(H,25,26,27,28);1H,(H2,2,3). The Labute approximate surface area is 203 Å². The summed E-state index contributed by atoms with van der Waals surface area (Å²) in [6.07, 6.45) is 3.52. The third-order valence-corrected chi connectivity index (χ3v) is 6.16. The van der Waals surface area contributed by atoms with E-state index in [1.807, 2.05) is 19.1 Å². The molecule has 2 amide bonds. The van der Waals surface area contributed by atoms with E-state index in [4.69, 9.17) is 26.1 Å². The summed E-state index contributed by atoms with van der Waals surface area (Å²) in [5, 5.41) is 10.5. The van der Waals surface area contributed by atoms with Gasteiger partial charge in [-0.2, -0.15) is 0 Å². The molecule has 0 fully saturated rings. The van der Waals surface area contributed by atoms with Gasteiger partial charge in [-0.25, -0.2) is 19.9 Å². The molecule has 4 aromatic rings. The number of aromatic nitrogens is 4. The van der Waals surface area contributed by atoms with Crippen molar-refractivity contribution in [2.75, 3.05) is 30.3 Å². The summed E-state index contributed by atoms with van der Waals surface area (Å²) >= 11 is 7.43. The Bertz CT molecular complexity index is 1360. The highest BCUT2D eigenvalue weighted by Gasteiger charge is 2.23. The summed E-state index contributed by atoms with van der Waals surface area (Å²) in [5.74, 6) is 0.973. The highest BCUT2D eigenvalue weighted by atomic mass is 35.5. The number of amides is 2. The molecule has 176 valence electrons. The summed E-state index contributed by atoms with van der Waals surface area (Å²) in [6.45, 7) is 4.09. The quantitative estimate of drug-likeness (QED) is 0.239. The molecule has 3 aromatic heterocycles. The van der Waals surface area contributed by atoms with Crippen LogP contribution in [0.3, 0.4) is 0 Å². The Morgan fingerprint density at radius 1 is 1.24 bits per heavy atom. The van der Waals surface area contributed by atoms with Crippen LogP contribution in [-0.2, 0) is 16.1 Å². The summed E-state index contributed by atoms with van der Waals surface area (Å²) in [7, 11) is 0. The number of anilines is 3. The summed E-state index contributed by atoms with van der Waals surface area (Å²) < 4.78 is 6.47. The number of nitrogens with one attached hydrogen (secondary N) is 3. The predicted octanol–water partition coefficient (Wildman–Crippen LogP) is 2.82. The maximum Gasteiger partial charge on any atom is 0.263 e. The van der Waals surface area contributed by atoms with Crippen molar-refractivity contribution in [3.05, 3.63) is 40.3 Å². The number of ether oxygens (including phenoxy) is 1. The third-order valence-electron chi connectivity index (χ3n) is 4.83. The van der Waals surface area contributed by atoms with Crippen LogP contribution < -0.4 is 21.7 Å². The van der Waals surface area contributed by atoms with Gasteiger partial charge < -0.3 is 26.4 Å². The molecule has 0 unspecified atom stereocenters. The van der Waals surface area contributed by atoms with Crippen LogP contribution in [0.4, 0.5) is 17.3 Å². The number of hydrogen-bond donors (Lipinski definition) is 4. The number of primary amides is 1. The normalized spacial score (nSPS) is 12.7. The number of rotatable bonds is 5. The molecule has 4 heterocycles. The second-order valence-electron chi connectivity index (χ2n) is 6.96. The van der Waals surface area contributed by atoms with E-state index in [-0.39, 0.29) is 17.6 Å². The lowest BCUT2D eigenvalue weighted by atomic mass is 10.1. The van der Waals surface area contributed by atoms with Gasteiger partial charge in [-0.1, -0.05) is 0 Å². The zero-order valence-electron chi connectivity index (χ0n) is 18.1. The lowest BCUT2D eigenvalue weighted by Crippen LogP contribution is -2.24. The van der Waals surface area contributed by atoms with Crippen molar-refractivity contribution in [2.45, 2.75) is 13.5 Å². The van der Waals surface area contributed by atoms with Gasteiger partial charge >= 0.3 is 0 Å². The first kappa shape index (κ1) is 23.5. The van der Waals surface area contributed by atoms with Crippen LogP contribution in [0.5, 0.6) is 0 Å². The van der Waals surface area contributed by atoms with Crippen molar-refractivity contribution >= 4 is 73.7 Å². The van der Waals surface area contributed by atoms with Gasteiger partial charge in [-0.3, -0.25) is 9.59 Å². The van der Waals surface area contributed by atoms with Crippen molar-refractivity contribution < 1.29 is 14.3 Å². The Morgan fingerprint density at radius 2 is 2.03 bits per heavy atom. The minimum absolute atomic E-state index is 0.0666. The Morgan fingerprint density at radius 3 is 2.82 bits per heavy atom. The van der Waals surface area contributed by atoms with E-state index in [9.17, 15) is 4.79 Å². The molecule has 0 aliphatic carbocycles. The van der Waals surface area contributed by atoms with Crippen LogP contribution in [0, 0.1) is 0 Å². The largest absolute Gasteiger partial charge is 0.381 e. The number of thiophene rings is 1. The molecule has 0 bridgehead atoms. The molecule has 34 heavy (non-hydrogen) atoms. The number of hydrogen-bond acceptors (Lipinski definition) is 10. The number of fused-ring (bicyclic) bond motifs is 5. The fourth-order valence-corrected chi connectivity index (χ4v) is 4.66. The van der Waals surface area contributed by atoms with E-state index < -0.39 is 0 Å². The smallest absolute Gasteiger partial charge is 0.263 e. The molecule has 0 saturated carbocycles. The first-order valence-corrected chi connectivity index (χ1v) is 11.5. The molecular formula is C21H21ClN8O3S. The number of nitrogens with zero attached hydrogens (tertiary/aromatic N) is 4. The maximum atomic E-state index is 12.4. The second-order valence-corrected chi connectivity index (χ2v) is 8.35. The average molecular weight is 501 g/mol. The molecule has 0 atom stereocenters. The van der Waals surface area contributed by atoms with Crippen molar-refractivity contribution in [3.8, 4) is 0 Å². The first-order chi connectivity index (χ1) is 16.5. The van der Waals surface area contributed by atoms with E-state index in [1.54, 1.807) is 12.4 Å². The van der Waals surface area contributed by atoms with Crippen LogP contribution in [0.25, 0.3) is 21.1 Å². The molecule has 5 N–H and O–H groups in total. The Hall–Kier alpha value is -3.61. The number of halogens is 1. The molecule has 0 radical (unpaired) electrons. The van der Waals surface area contributed by atoms with Gasteiger partial charge in [0.05, 0.1) is 29.5 Å². The number of carbonyl (C=O) groups is 2. The van der Waals surface area contributed by atoms with Gasteiger partial charge in [0.2, 0.25) is 11.7 Å². The lowest BCUT2D eigenvalue weighted by Gasteiger charge is -2.11. The fourth-order valence-electron chi connectivity index (χ4n) is 3.43. The SMILES string of the molecule is CCOCc1cnc(Cl)nc1Nc1cnc2c(ccc3sc4c(c32)NCCNC4=O)n1.NC=O. The zero-order chi connectivity index (χ0) is 24.1. The van der Waals surface area contributed by atoms with Crippen LogP contribution in [-0.4, -0.2) is 51.9 Å². The average Bonchev–Trinajstić information content (AvgIpc) is 3.11. The monoisotopic (exact) mass is 500 g/mol. The zero-order valence-corrected chi connectivity index (χ0v) is 19.7. The minimum Gasteiger partial charge on any atom is -0.381 e. The Kier molecular flexibility index (Phi) is 7.30. The maximum absolute atomic E-state index is 12.4. The van der Waals surface area contributed by atoms with Gasteiger partial charge in [0.1, 0.15) is 10.7 Å². The fraction of sp³-hybridized carbons (Fsp3) is 0.238. The first-order valence-electron chi connectivity index (χ1n) is 10.3. The highest BCUT2D eigenvalue weighted by molar-refractivity contribution is 7.21. The van der Waals surface area contributed by atoms with Crippen molar-refractivity contribution in [2.24, 2.45) is 5.73 Å². The molecule has 1 aliphatic rings. The topological polar surface area (TPSA) is 157 Å². The molecule has 1 aliphatic heterocycles. The molecule has 5 rings (SSSR count). The van der Waals surface area contributed by atoms with Crippen molar-refractivity contribution in [1.29, 1.82) is 0 Å². The second kappa shape index (κ2) is 10.5. The van der Waals surface area contributed by atoms with Crippen molar-refractivity contribution in [1.82, 2.24) is 25.3 Å². The number of benzene rings is 1. The number of carbonyl (C=O) groups excluding carboxylic acids is 2. The van der Waals surface area contributed by atoms with Gasteiger partial charge in [0.15, 0.2) is 5.82 Å². The van der Waals surface area contributed by atoms with Crippen LogP contribution >= 0.6 is 22.9 Å². The predicted molar refractivity (Wildman–Crippen MR) is 132 cm³/mol. The van der Waals surface area contributed by atoms with E-state index in [2.05, 4.69) is 36.6 Å². The molecule has 11 nitrogen and oxygen atoms in total. The van der Waals surface area contributed by atoms with Crippen LogP contribution in [0.2, 0.25) is 5.28 Å². The summed E-state index contributed by atoms with van der Waals surface area (Å²) in [5.41, 5.74) is 7.19. The van der Waals surface area contributed by atoms with Crippen LogP contribution in [0.15, 0.2) is 24.5 Å². The summed E-state index contributed by atoms with van der Waals surface area (Å²) in [6, 6.07) is 3.87. The third kappa shape index (κ3) is 4.83. The van der Waals surface area contributed by atoms with E-state index in [1.165, 1.54) is 11.3 Å². The van der Waals surface area contributed by atoms with Gasteiger partial charge in [-0.05, 0) is 30.7 Å². The van der Waals surface area contributed by atoms with Gasteiger partial charge in [0, 0.05) is 41.5 Å². The minimum atomic E-state index is -0.0666. The van der Waals surface area contributed by atoms with Gasteiger partial charge in [0.25, 0.3) is 5.91 Å².